The average Bonchev–Trinajstić information content (AvgIpc) is 3.08. The molecule has 1 N–H and O–H groups in total. The highest BCUT2D eigenvalue weighted by molar-refractivity contribution is 7.13. The highest BCUT2D eigenvalue weighted by atomic mass is 32.1. The normalized spacial score (nSPS) is 12.2. The smallest absolute Gasteiger partial charge is 0.123 e. The minimum Gasteiger partial charge on any atom is -0.306 e. The standard InChI is InChI=1S/C18H18N2S/c1-14(16-7-3-2-4-8-16)20-13-15-6-5-9-17(12-15)18-19-10-11-21-18/h2-12,14,20H,13H2,1H3/t14-/m1/s1. The van der Waals surface area contributed by atoms with Gasteiger partial charge in [-0.2, -0.15) is 0 Å². The molecule has 0 saturated carbocycles. The molecule has 0 saturated heterocycles. The molecule has 0 amide bonds. The lowest BCUT2D eigenvalue weighted by molar-refractivity contribution is 0.575. The summed E-state index contributed by atoms with van der Waals surface area (Å²) in [4.78, 5) is 4.37. The van der Waals surface area contributed by atoms with Gasteiger partial charge in [-0.3, -0.25) is 0 Å². The molecular formula is C18H18N2S. The molecule has 0 spiro atoms. The van der Waals surface area contributed by atoms with Crippen molar-refractivity contribution in [2.75, 3.05) is 0 Å². The van der Waals surface area contributed by atoms with E-state index < -0.39 is 0 Å². The lowest BCUT2D eigenvalue weighted by Gasteiger charge is -2.14. The second kappa shape index (κ2) is 6.66. The van der Waals surface area contributed by atoms with Crippen LogP contribution in [0, 0.1) is 0 Å². The van der Waals surface area contributed by atoms with Gasteiger partial charge in [0.05, 0.1) is 0 Å². The Morgan fingerprint density at radius 2 is 1.95 bits per heavy atom. The van der Waals surface area contributed by atoms with Gasteiger partial charge >= 0.3 is 0 Å². The summed E-state index contributed by atoms with van der Waals surface area (Å²) >= 11 is 1.67. The molecular weight excluding hydrogens is 276 g/mol. The summed E-state index contributed by atoms with van der Waals surface area (Å²) < 4.78 is 0. The minimum absolute atomic E-state index is 0.342. The van der Waals surface area contributed by atoms with Crippen LogP contribution in [0.25, 0.3) is 10.6 Å². The van der Waals surface area contributed by atoms with Gasteiger partial charge in [-0.15, -0.1) is 11.3 Å². The molecule has 0 fully saturated rings. The van der Waals surface area contributed by atoms with Gasteiger partial charge in [0, 0.05) is 29.7 Å². The Labute approximate surface area is 129 Å². The van der Waals surface area contributed by atoms with Gasteiger partial charge in [-0.1, -0.05) is 48.5 Å². The van der Waals surface area contributed by atoms with Gasteiger partial charge in [0.2, 0.25) is 0 Å². The van der Waals surface area contributed by atoms with Crippen molar-refractivity contribution in [1.82, 2.24) is 10.3 Å². The van der Waals surface area contributed by atoms with Gasteiger partial charge in [0.1, 0.15) is 5.01 Å². The van der Waals surface area contributed by atoms with Gasteiger partial charge in [0.25, 0.3) is 0 Å². The van der Waals surface area contributed by atoms with Crippen molar-refractivity contribution < 1.29 is 0 Å². The Balaban J connectivity index is 1.67. The Hall–Kier alpha value is -1.97. The highest BCUT2D eigenvalue weighted by Gasteiger charge is 2.05. The average molecular weight is 294 g/mol. The van der Waals surface area contributed by atoms with E-state index in [0.29, 0.717) is 6.04 Å². The first-order valence-electron chi connectivity index (χ1n) is 7.10. The first-order valence-corrected chi connectivity index (χ1v) is 7.98. The molecule has 2 nitrogen and oxygen atoms in total. The molecule has 0 radical (unpaired) electrons. The van der Waals surface area contributed by atoms with Gasteiger partial charge in [-0.25, -0.2) is 4.98 Å². The van der Waals surface area contributed by atoms with E-state index in [1.807, 2.05) is 17.6 Å². The number of nitrogens with one attached hydrogen (secondary N) is 1. The Morgan fingerprint density at radius 3 is 2.71 bits per heavy atom. The summed E-state index contributed by atoms with van der Waals surface area (Å²) in [7, 11) is 0. The van der Waals surface area contributed by atoms with E-state index in [-0.39, 0.29) is 0 Å². The van der Waals surface area contributed by atoms with Crippen LogP contribution in [0.3, 0.4) is 0 Å². The summed E-state index contributed by atoms with van der Waals surface area (Å²) in [6.07, 6.45) is 1.85. The minimum atomic E-state index is 0.342. The number of rotatable bonds is 5. The Morgan fingerprint density at radius 1 is 1.10 bits per heavy atom. The van der Waals surface area contributed by atoms with Crippen LogP contribution in [0.1, 0.15) is 24.1 Å². The molecule has 0 aliphatic rings. The lowest BCUT2D eigenvalue weighted by atomic mass is 10.1. The summed E-state index contributed by atoms with van der Waals surface area (Å²) in [5.74, 6) is 0. The molecule has 1 heterocycles. The highest BCUT2D eigenvalue weighted by Crippen LogP contribution is 2.22. The maximum Gasteiger partial charge on any atom is 0.123 e. The zero-order valence-electron chi connectivity index (χ0n) is 12.0. The number of benzene rings is 2. The van der Waals surface area contributed by atoms with Gasteiger partial charge in [-0.05, 0) is 24.1 Å². The molecule has 0 bridgehead atoms. The van der Waals surface area contributed by atoms with E-state index in [1.54, 1.807) is 11.3 Å². The van der Waals surface area contributed by atoms with E-state index in [2.05, 4.69) is 65.8 Å². The number of aromatic nitrogens is 1. The van der Waals surface area contributed by atoms with Crippen molar-refractivity contribution >= 4 is 11.3 Å². The fourth-order valence-electron chi connectivity index (χ4n) is 2.31. The Bertz CT molecular complexity index is 677. The fraction of sp³-hybridized carbons (Fsp3) is 0.167. The summed E-state index contributed by atoms with van der Waals surface area (Å²) in [5, 5.41) is 6.66. The number of thiazole rings is 1. The lowest BCUT2D eigenvalue weighted by Crippen LogP contribution is -2.17. The molecule has 0 aliphatic carbocycles. The predicted octanol–water partition coefficient (Wildman–Crippen LogP) is 4.66. The van der Waals surface area contributed by atoms with Crippen LogP contribution >= 0.6 is 11.3 Å². The molecule has 1 atom stereocenters. The topological polar surface area (TPSA) is 24.9 Å². The maximum atomic E-state index is 4.37. The van der Waals surface area contributed by atoms with Crippen molar-refractivity contribution in [2.45, 2.75) is 19.5 Å². The third-order valence-electron chi connectivity index (χ3n) is 3.52. The maximum absolute atomic E-state index is 4.37. The molecule has 3 rings (SSSR count). The van der Waals surface area contributed by atoms with E-state index >= 15 is 0 Å². The van der Waals surface area contributed by atoms with E-state index in [1.165, 1.54) is 16.7 Å². The van der Waals surface area contributed by atoms with Crippen LogP contribution < -0.4 is 5.32 Å². The monoisotopic (exact) mass is 294 g/mol. The summed E-state index contributed by atoms with van der Waals surface area (Å²) in [5.41, 5.74) is 3.79. The zero-order chi connectivity index (χ0) is 14.5. The third kappa shape index (κ3) is 3.57. The molecule has 21 heavy (non-hydrogen) atoms. The molecule has 3 aromatic rings. The van der Waals surface area contributed by atoms with E-state index in [0.717, 1.165) is 11.6 Å². The van der Waals surface area contributed by atoms with Crippen molar-refractivity contribution in [3.63, 3.8) is 0 Å². The van der Waals surface area contributed by atoms with Crippen molar-refractivity contribution in [3.8, 4) is 10.6 Å². The number of hydrogen-bond acceptors (Lipinski definition) is 3. The Kier molecular flexibility index (Phi) is 4.43. The van der Waals surface area contributed by atoms with Gasteiger partial charge < -0.3 is 5.32 Å². The second-order valence-corrected chi connectivity index (χ2v) is 5.95. The van der Waals surface area contributed by atoms with Crippen LogP contribution in [0.2, 0.25) is 0 Å². The molecule has 3 heteroatoms. The van der Waals surface area contributed by atoms with Crippen molar-refractivity contribution in [2.24, 2.45) is 0 Å². The second-order valence-electron chi connectivity index (χ2n) is 5.05. The summed E-state index contributed by atoms with van der Waals surface area (Å²) in [6.45, 7) is 3.05. The van der Waals surface area contributed by atoms with Crippen LogP contribution in [0.15, 0.2) is 66.2 Å². The first kappa shape index (κ1) is 14.0. The van der Waals surface area contributed by atoms with Crippen molar-refractivity contribution in [1.29, 1.82) is 0 Å². The van der Waals surface area contributed by atoms with Crippen LogP contribution in [-0.4, -0.2) is 4.98 Å². The molecule has 0 aliphatic heterocycles. The van der Waals surface area contributed by atoms with Crippen molar-refractivity contribution in [3.05, 3.63) is 77.3 Å². The van der Waals surface area contributed by atoms with E-state index in [4.69, 9.17) is 0 Å². The molecule has 106 valence electrons. The number of hydrogen-bond donors (Lipinski definition) is 1. The van der Waals surface area contributed by atoms with Gasteiger partial charge in [0.15, 0.2) is 0 Å². The SMILES string of the molecule is C[C@@H](NCc1cccc(-c2nccs2)c1)c1ccccc1. The van der Waals surface area contributed by atoms with Crippen LogP contribution in [-0.2, 0) is 6.54 Å². The van der Waals surface area contributed by atoms with E-state index in [9.17, 15) is 0 Å². The first-order chi connectivity index (χ1) is 10.3. The predicted molar refractivity (Wildman–Crippen MR) is 89.2 cm³/mol. The summed E-state index contributed by atoms with van der Waals surface area (Å²) in [6, 6.07) is 19.4. The third-order valence-corrected chi connectivity index (χ3v) is 4.34. The number of nitrogens with zero attached hydrogens (tertiary/aromatic N) is 1. The molecule has 1 aromatic heterocycles. The largest absolute Gasteiger partial charge is 0.306 e. The zero-order valence-corrected chi connectivity index (χ0v) is 12.8. The van der Waals surface area contributed by atoms with Crippen LogP contribution in [0.5, 0.6) is 0 Å². The molecule has 2 aromatic carbocycles. The quantitative estimate of drug-likeness (QED) is 0.740. The fourth-order valence-corrected chi connectivity index (χ4v) is 2.95. The van der Waals surface area contributed by atoms with Crippen LogP contribution in [0.4, 0.5) is 0 Å². The molecule has 0 unspecified atom stereocenters.